The van der Waals surface area contributed by atoms with Crippen LogP contribution in [0.1, 0.15) is 35.9 Å². The van der Waals surface area contributed by atoms with Crippen molar-refractivity contribution in [1.29, 1.82) is 0 Å². The topological polar surface area (TPSA) is 87.6 Å². The molecule has 0 bridgehead atoms. The fourth-order valence-corrected chi connectivity index (χ4v) is 3.06. The van der Waals surface area contributed by atoms with E-state index in [0.717, 1.165) is 29.6 Å². The Morgan fingerprint density at radius 2 is 2.16 bits per heavy atom. The monoisotopic (exact) mass is 342 g/mol. The van der Waals surface area contributed by atoms with Gasteiger partial charge >= 0.3 is 5.97 Å². The number of benzene rings is 1. The summed E-state index contributed by atoms with van der Waals surface area (Å²) in [5, 5.41) is 4.70. The van der Waals surface area contributed by atoms with Gasteiger partial charge in [-0.2, -0.15) is 4.98 Å². The maximum atomic E-state index is 11.8. The third-order valence-electron chi connectivity index (χ3n) is 4.21. The Morgan fingerprint density at radius 3 is 3.00 bits per heavy atom. The van der Waals surface area contributed by atoms with Crippen molar-refractivity contribution in [2.75, 3.05) is 6.61 Å². The molecule has 0 spiro atoms. The Labute approximate surface area is 143 Å². The number of aryl methyl sites for hydroxylation is 3. The van der Waals surface area contributed by atoms with E-state index in [1.54, 1.807) is 13.0 Å². The predicted molar refractivity (Wildman–Crippen MR) is 87.2 cm³/mol. The Hall–Kier alpha value is -2.83. The number of carbonyl (C=O) groups excluding carboxylic acids is 1. The van der Waals surface area contributed by atoms with Gasteiger partial charge in [-0.15, -0.1) is 0 Å². The van der Waals surface area contributed by atoms with E-state index in [4.69, 9.17) is 18.4 Å². The number of hydrogen-bond donors (Lipinski definition) is 0. The summed E-state index contributed by atoms with van der Waals surface area (Å²) in [6.07, 6.45) is 4.36. The van der Waals surface area contributed by atoms with Crippen LogP contribution in [0.4, 0.5) is 0 Å². The van der Waals surface area contributed by atoms with Crippen molar-refractivity contribution >= 4 is 16.9 Å². The smallest absolute Gasteiger partial charge is 0.344 e. The van der Waals surface area contributed by atoms with Gasteiger partial charge in [0.2, 0.25) is 0 Å². The summed E-state index contributed by atoms with van der Waals surface area (Å²) in [6.45, 7) is 1.46. The van der Waals surface area contributed by atoms with Crippen molar-refractivity contribution in [2.45, 2.75) is 39.2 Å². The van der Waals surface area contributed by atoms with E-state index in [-0.39, 0.29) is 19.1 Å². The molecule has 4 rings (SSSR count). The zero-order valence-electron chi connectivity index (χ0n) is 13.9. The zero-order chi connectivity index (χ0) is 17.2. The Morgan fingerprint density at radius 1 is 1.28 bits per heavy atom. The van der Waals surface area contributed by atoms with Crippen LogP contribution >= 0.6 is 0 Å². The summed E-state index contributed by atoms with van der Waals surface area (Å²) in [5.41, 5.74) is 2.13. The first kappa shape index (κ1) is 15.7. The molecule has 1 aromatic carbocycles. The maximum Gasteiger partial charge on any atom is 0.344 e. The van der Waals surface area contributed by atoms with E-state index in [2.05, 4.69) is 10.1 Å². The average molecular weight is 342 g/mol. The number of nitrogens with zero attached hydrogens (tertiary/aromatic N) is 2. The lowest BCUT2D eigenvalue weighted by Gasteiger charge is -2.09. The van der Waals surface area contributed by atoms with Gasteiger partial charge in [-0.05, 0) is 44.4 Å². The summed E-state index contributed by atoms with van der Waals surface area (Å²) < 4.78 is 21.4. The number of fused-ring (bicyclic) bond motifs is 3. The van der Waals surface area contributed by atoms with Crippen LogP contribution in [0, 0.1) is 6.92 Å². The number of esters is 1. The van der Waals surface area contributed by atoms with Gasteiger partial charge in [-0.3, -0.25) is 0 Å². The van der Waals surface area contributed by atoms with E-state index >= 15 is 0 Å². The molecule has 0 saturated carbocycles. The van der Waals surface area contributed by atoms with Crippen molar-refractivity contribution in [3.63, 3.8) is 0 Å². The van der Waals surface area contributed by atoms with E-state index in [1.807, 2.05) is 12.1 Å². The third-order valence-corrected chi connectivity index (χ3v) is 4.21. The van der Waals surface area contributed by atoms with Crippen LogP contribution in [0.5, 0.6) is 5.75 Å². The molecule has 130 valence electrons. The van der Waals surface area contributed by atoms with Gasteiger partial charge in [0.05, 0.1) is 0 Å². The summed E-state index contributed by atoms with van der Waals surface area (Å²) >= 11 is 0. The van der Waals surface area contributed by atoms with Gasteiger partial charge in [0.15, 0.2) is 19.0 Å². The van der Waals surface area contributed by atoms with Crippen LogP contribution in [-0.2, 0) is 29.0 Å². The fourth-order valence-electron chi connectivity index (χ4n) is 3.06. The first-order chi connectivity index (χ1) is 12.2. The first-order valence-electron chi connectivity index (χ1n) is 8.31. The molecule has 0 unspecified atom stereocenters. The molecule has 7 heteroatoms. The molecule has 3 aromatic rings. The Bertz CT molecular complexity index is 911. The molecule has 1 aliphatic rings. The van der Waals surface area contributed by atoms with Crippen LogP contribution in [0.25, 0.3) is 11.0 Å². The van der Waals surface area contributed by atoms with Gasteiger partial charge in [-0.25, -0.2) is 4.79 Å². The first-order valence-corrected chi connectivity index (χ1v) is 8.31. The Balaban J connectivity index is 1.38. The van der Waals surface area contributed by atoms with E-state index in [0.29, 0.717) is 11.6 Å². The third kappa shape index (κ3) is 3.35. The van der Waals surface area contributed by atoms with Gasteiger partial charge < -0.3 is 18.4 Å². The molecule has 0 saturated heterocycles. The molecule has 0 N–H and O–H groups in total. The summed E-state index contributed by atoms with van der Waals surface area (Å²) in [4.78, 5) is 15.8. The SMILES string of the molecule is Cc1noc(COC(=O)COc2ccc3oc4c(c3c2)CCCC4)n1. The minimum absolute atomic E-state index is 0.0582. The van der Waals surface area contributed by atoms with Gasteiger partial charge in [0, 0.05) is 17.4 Å². The van der Waals surface area contributed by atoms with Crippen molar-refractivity contribution in [3.8, 4) is 5.75 Å². The fraction of sp³-hybridized carbons (Fsp3) is 0.389. The van der Waals surface area contributed by atoms with E-state index < -0.39 is 5.97 Å². The van der Waals surface area contributed by atoms with Gasteiger partial charge in [0.25, 0.3) is 5.89 Å². The molecule has 0 amide bonds. The molecular weight excluding hydrogens is 324 g/mol. The molecule has 2 heterocycles. The van der Waals surface area contributed by atoms with E-state index in [9.17, 15) is 4.79 Å². The number of hydrogen-bond acceptors (Lipinski definition) is 7. The standard InChI is InChI=1S/C18H18N2O5/c1-11-19-17(25-20-11)9-23-18(21)10-22-12-6-7-16-14(8-12)13-4-2-3-5-15(13)24-16/h6-8H,2-5,9-10H2,1H3. The molecule has 0 atom stereocenters. The van der Waals surface area contributed by atoms with Crippen molar-refractivity contribution in [1.82, 2.24) is 10.1 Å². The molecular formula is C18H18N2O5. The number of ether oxygens (including phenoxy) is 2. The molecule has 0 fully saturated rings. The molecule has 1 aliphatic carbocycles. The highest BCUT2D eigenvalue weighted by Gasteiger charge is 2.18. The van der Waals surface area contributed by atoms with Crippen LogP contribution in [0.15, 0.2) is 27.1 Å². The second kappa shape index (κ2) is 6.58. The number of aromatic nitrogens is 2. The maximum absolute atomic E-state index is 11.8. The number of rotatable bonds is 5. The van der Waals surface area contributed by atoms with Crippen molar-refractivity contribution in [3.05, 3.63) is 41.2 Å². The molecule has 0 aliphatic heterocycles. The lowest BCUT2D eigenvalue weighted by molar-refractivity contribution is -0.148. The lowest BCUT2D eigenvalue weighted by atomic mass is 9.96. The minimum Gasteiger partial charge on any atom is -0.482 e. The highest BCUT2D eigenvalue weighted by molar-refractivity contribution is 5.84. The summed E-state index contributed by atoms with van der Waals surface area (Å²) in [5.74, 6) is 1.96. The van der Waals surface area contributed by atoms with Crippen LogP contribution in [-0.4, -0.2) is 22.7 Å². The zero-order valence-corrected chi connectivity index (χ0v) is 13.9. The van der Waals surface area contributed by atoms with E-state index in [1.165, 1.54) is 18.4 Å². The highest BCUT2D eigenvalue weighted by atomic mass is 16.6. The summed E-state index contributed by atoms with van der Waals surface area (Å²) in [6, 6.07) is 5.61. The number of furan rings is 1. The summed E-state index contributed by atoms with van der Waals surface area (Å²) in [7, 11) is 0. The highest BCUT2D eigenvalue weighted by Crippen LogP contribution is 2.33. The molecule has 0 radical (unpaired) electrons. The average Bonchev–Trinajstić information content (AvgIpc) is 3.21. The quantitative estimate of drug-likeness (QED) is 0.658. The van der Waals surface area contributed by atoms with Gasteiger partial charge in [0.1, 0.15) is 17.1 Å². The molecule has 7 nitrogen and oxygen atoms in total. The number of carbonyl (C=O) groups is 1. The lowest BCUT2D eigenvalue weighted by Crippen LogP contribution is -2.14. The largest absolute Gasteiger partial charge is 0.482 e. The van der Waals surface area contributed by atoms with Gasteiger partial charge in [-0.1, -0.05) is 5.16 Å². The normalized spacial score (nSPS) is 13.6. The molecule has 2 aromatic heterocycles. The van der Waals surface area contributed by atoms with Crippen LogP contribution in [0.3, 0.4) is 0 Å². The Kier molecular flexibility index (Phi) is 4.13. The van der Waals surface area contributed by atoms with Crippen molar-refractivity contribution < 1.29 is 23.2 Å². The molecule has 25 heavy (non-hydrogen) atoms. The predicted octanol–water partition coefficient (Wildman–Crippen LogP) is 3.13. The van der Waals surface area contributed by atoms with Crippen LogP contribution < -0.4 is 4.74 Å². The second-order valence-electron chi connectivity index (χ2n) is 6.05. The minimum atomic E-state index is -0.495. The van der Waals surface area contributed by atoms with Crippen molar-refractivity contribution in [2.24, 2.45) is 0 Å². The van der Waals surface area contributed by atoms with Crippen LogP contribution in [0.2, 0.25) is 0 Å². The second-order valence-corrected chi connectivity index (χ2v) is 6.05.